The minimum atomic E-state index is -0.425. The van der Waals surface area contributed by atoms with Gasteiger partial charge in [0.05, 0.1) is 24.6 Å². The molecule has 0 saturated heterocycles. The van der Waals surface area contributed by atoms with Crippen molar-refractivity contribution < 1.29 is 14.3 Å². The Morgan fingerprint density at radius 3 is 2.89 bits per heavy atom. The summed E-state index contributed by atoms with van der Waals surface area (Å²) in [5.74, 6) is 0.0259. The van der Waals surface area contributed by atoms with Crippen molar-refractivity contribution >= 4 is 11.7 Å². The molecule has 0 atom stereocenters. The number of anilines is 1. The van der Waals surface area contributed by atoms with Crippen LogP contribution in [0.15, 0.2) is 30.6 Å². The molecule has 0 spiro atoms. The summed E-state index contributed by atoms with van der Waals surface area (Å²) in [5.41, 5.74) is 7.59. The van der Waals surface area contributed by atoms with Gasteiger partial charge in [0.1, 0.15) is 12.4 Å². The summed E-state index contributed by atoms with van der Waals surface area (Å²) >= 11 is 0. The van der Waals surface area contributed by atoms with Crippen molar-refractivity contribution in [2.75, 3.05) is 12.8 Å². The van der Waals surface area contributed by atoms with Crippen molar-refractivity contribution in [3.05, 3.63) is 41.7 Å². The zero-order valence-corrected chi connectivity index (χ0v) is 10.8. The Morgan fingerprint density at radius 2 is 2.26 bits per heavy atom. The molecule has 0 aliphatic carbocycles. The van der Waals surface area contributed by atoms with Gasteiger partial charge in [-0.1, -0.05) is 0 Å². The largest absolute Gasteiger partial charge is 0.487 e. The summed E-state index contributed by atoms with van der Waals surface area (Å²) in [7, 11) is 3.16. The van der Waals surface area contributed by atoms with Crippen LogP contribution in [0.4, 0.5) is 5.69 Å². The molecular formula is C13H15N3O3. The number of carbonyl (C=O) groups is 1. The molecule has 100 valence electrons. The molecule has 0 saturated carbocycles. The fraction of sp³-hybridized carbons (Fsp3) is 0.231. The molecule has 0 aliphatic heterocycles. The Morgan fingerprint density at radius 1 is 1.47 bits per heavy atom. The summed E-state index contributed by atoms with van der Waals surface area (Å²) in [6.07, 6.45) is 3.56. The van der Waals surface area contributed by atoms with Crippen LogP contribution in [0, 0.1) is 0 Å². The average molecular weight is 261 g/mol. The highest BCUT2D eigenvalue weighted by Crippen LogP contribution is 2.24. The highest BCUT2D eigenvalue weighted by Gasteiger charge is 2.09. The van der Waals surface area contributed by atoms with Gasteiger partial charge < -0.3 is 15.2 Å². The summed E-state index contributed by atoms with van der Waals surface area (Å²) in [6, 6.07) is 4.78. The zero-order valence-electron chi connectivity index (χ0n) is 10.8. The molecule has 0 bridgehead atoms. The normalized spacial score (nSPS) is 10.2. The first-order valence-electron chi connectivity index (χ1n) is 5.68. The number of esters is 1. The first-order chi connectivity index (χ1) is 9.10. The van der Waals surface area contributed by atoms with Crippen LogP contribution < -0.4 is 10.5 Å². The second-order valence-electron chi connectivity index (χ2n) is 4.06. The lowest BCUT2D eigenvalue weighted by atomic mass is 10.2. The van der Waals surface area contributed by atoms with Crippen LogP contribution in [0.3, 0.4) is 0 Å². The number of rotatable bonds is 4. The molecule has 6 nitrogen and oxygen atoms in total. The molecule has 1 heterocycles. The Hall–Kier alpha value is -2.50. The van der Waals surface area contributed by atoms with Crippen LogP contribution in [0.2, 0.25) is 0 Å². The SMILES string of the molecule is COC(=O)c1ccc(N)c(OCc2cnn(C)c2)c1. The van der Waals surface area contributed by atoms with E-state index in [-0.39, 0.29) is 0 Å². The molecule has 2 aromatic rings. The fourth-order valence-corrected chi connectivity index (χ4v) is 1.61. The fourth-order valence-electron chi connectivity index (χ4n) is 1.61. The molecule has 1 aromatic heterocycles. The number of nitrogens with two attached hydrogens (primary N) is 1. The van der Waals surface area contributed by atoms with Crippen LogP contribution in [0.5, 0.6) is 5.75 Å². The van der Waals surface area contributed by atoms with Crippen LogP contribution >= 0.6 is 0 Å². The van der Waals surface area contributed by atoms with E-state index in [2.05, 4.69) is 9.84 Å². The molecule has 2 rings (SSSR count). The second-order valence-corrected chi connectivity index (χ2v) is 4.06. The predicted octanol–water partition coefficient (Wildman–Crippen LogP) is 1.37. The topological polar surface area (TPSA) is 79.4 Å². The van der Waals surface area contributed by atoms with Crippen molar-refractivity contribution in [1.29, 1.82) is 0 Å². The van der Waals surface area contributed by atoms with Crippen molar-refractivity contribution in [1.82, 2.24) is 9.78 Å². The third kappa shape index (κ3) is 3.04. The van der Waals surface area contributed by atoms with Crippen molar-refractivity contribution in [2.45, 2.75) is 6.61 Å². The highest BCUT2D eigenvalue weighted by atomic mass is 16.5. The average Bonchev–Trinajstić information content (AvgIpc) is 2.82. The van der Waals surface area contributed by atoms with E-state index in [0.717, 1.165) is 5.56 Å². The number of carbonyl (C=O) groups excluding carboxylic acids is 1. The number of nitrogen functional groups attached to an aromatic ring is 1. The van der Waals surface area contributed by atoms with E-state index in [9.17, 15) is 4.79 Å². The van der Waals surface area contributed by atoms with Gasteiger partial charge in [-0.2, -0.15) is 5.10 Å². The van der Waals surface area contributed by atoms with Gasteiger partial charge in [0.25, 0.3) is 0 Å². The summed E-state index contributed by atoms with van der Waals surface area (Å²) in [6.45, 7) is 0.336. The van der Waals surface area contributed by atoms with Crippen molar-refractivity contribution in [2.24, 2.45) is 7.05 Å². The van der Waals surface area contributed by atoms with Crippen molar-refractivity contribution in [3.8, 4) is 5.75 Å². The van der Waals surface area contributed by atoms with Crippen LogP contribution in [0.25, 0.3) is 0 Å². The number of hydrogen-bond acceptors (Lipinski definition) is 5. The third-order valence-corrected chi connectivity index (χ3v) is 2.59. The monoisotopic (exact) mass is 261 g/mol. The number of methoxy groups -OCH3 is 1. The van der Waals surface area contributed by atoms with Crippen LogP contribution in [-0.4, -0.2) is 22.9 Å². The van der Waals surface area contributed by atoms with Gasteiger partial charge in [0.15, 0.2) is 0 Å². The van der Waals surface area contributed by atoms with Gasteiger partial charge in [0, 0.05) is 18.8 Å². The number of ether oxygens (including phenoxy) is 2. The first kappa shape index (κ1) is 12.9. The lowest BCUT2D eigenvalue weighted by Gasteiger charge is -2.09. The first-order valence-corrected chi connectivity index (χ1v) is 5.68. The number of hydrogen-bond donors (Lipinski definition) is 1. The van der Waals surface area contributed by atoms with E-state index >= 15 is 0 Å². The Kier molecular flexibility index (Phi) is 3.70. The molecule has 0 fully saturated rings. The van der Waals surface area contributed by atoms with Gasteiger partial charge >= 0.3 is 5.97 Å². The molecule has 1 aromatic carbocycles. The van der Waals surface area contributed by atoms with Gasteiger partial charge in [-0.15, -0.1) is 0 Å². The number of aromatic nitrogens is 2. The molecular weight excluding hydrogens is 246 g/mol. The minimum absolute atomic E-state index is 0.336. The van der Waals surface area contributed by atoms with Gasteiger partial charge in [0.2, 0.25) is 0 Å². The smallest absolute Gasteiger partial charge is 0.337 e. The molecule has 6 heteroatoms. The maximum Gasteiger partial charge on any atom is 0.337 e. The Balaban J connectivity index is 2.12. The molecule has 19 heavy (non-hydrogen) atoms. The zero-order chi connectivity index (χ0) is 13.8. The Bertz CT molecular complexity index is 593. The van der Waals surface area contributed by atoms with Gasteiger partial charge in [-0.25, -0.2) is 4.79 Å². The maximum absolute atomic E-state index is 11.4. The predicted molar refractivity (Wildman–Crippen MR) is 69.7 cm³/mol. The number of nitrogens with zero attached hydrogens (tertiary/aromatic N) is 2. The molecule has 0 aliphatic rings. The van der Waals surface area contributed by atoms with E-state index in [4.69, 9.17) is 10.5 Å². The van der Waals surface area contributed by atoms with Crippen molar-refractivity contribution in [3.63, 3.8) is 0 Å². The van der Waals surface area contributed by atoms with E-state index in [1.807, 2.05) is 13.2 Å². The van der Waals surface area contributed by atoms with Crippen LogP contribution in [0.1, 0.15) is 15.9 Å². The van der Waals surface area contributed by atoms with Crippen LogP contribution in [-0.2, 0) is 18.4 Å². The van der Waals surface area contributed by atoms with Gasteiger partial charge in [-0.05, 0) is 18.2 Å². The Labute approximate surface area is 110 Å². The summed E-state index contributed by atoms with van der Waals surface area (Å²) < 4.78 is 11.9. The van der Waals surface area contributed by atoms with E-state index in [0.29, 0.717) is 23.6 Å². The number of aryl methyl sites for hydroxylation is 1. The molecule has 0 radical (unpaired) electrons. The third-order valence-electron chi connectivity index (χ3n) is 2.59. The highest BCUT2D eigenvalue weighted by molar-refractivity contribution is 5.90. The van der Waals surface area contributed by atoms with Gasteiger partial charge in [-0.3, -0.25) is 4.68 Å². The lowest BCUT2D eigenvalue weighted by molar-refractivity contribution is 0.0600. The minimum Gasteiger partial charge on any atom is -0.487 e. The quantitative estimate of drug-likeness (QED) is 0.664. The van der Waals surface area contributed by atoms with E-state index < -0.39 is 5.97 Å². The standard InChI is InChI=1S/C13H15N3O3/c1-16-7-9(6-15-16)8-19-12-5-10(13(17)18-2)3-4-11(12)14/h3-7H,8,14H2,1-2H3. The second kappa shape index (κ2) is 5.43. The van der Waals surface area contributed by atoms with E-state index in [1.54, 1.807) is 29.1 Å². The summed E-state index contributed by atoms with van der Waals surface area (Å²) in [4.78, 5) is 11.4. The summed E-state index contributed by atoms with van der Waals surface area (Å²) in [5, 5.41) is 4.04. The molecule has 2 N–H and O–H groups in total. The van der Waals surface area contributed by atoms with E-state index in [1.165, 1.54) is 7.11 Å². The maximum atomic E-state index is 11.4. The number of benzene rings is 1. The molecule has 0 amide bonds. The molecule has 0 unspecified atom stereocenters. The lowest BCUT2D eigenvalue weighted by Crippen LogP contribution is -2.04.